The van der Waals surface area contributed by atoms with Gasteiger partial charge >= 0.3 is 0 Å². The number of hydrogen-bond donors (Lipinski definition) is 1. The van der Waals surface area contributed by atoms with E-state index in [1.807, 2.05) is 35.7 Å². The predicted octanol–water partition coefficient (Wildman–Crippen LogP) is 4.45. The first kappa shape index (κ1) is 24.1. The van der Waals surface area contributed by atoms with E-state index < -0.39 is 10.0 Å². The van der Waals surface area contributed by atoms with E-state index in [0.717, 1.165) is 11.3 Å². The zero-order valence-electron chi connectivity index (χ0n) is 17.6. The van der Waals surface area contributed by atoms with Gasteiger partial charge in [-0.05, 0) is 18.2 Å². The number of piperazine rings is 1. The van der Waals surface area contributed by atoms with Crippen molar-refractivity contribution in [2.45, 2.75) is 11.3 Å². The van der Waals surface area contributed by atoms with Gasteiger partial charge in [0.25, 0.3) is 0 Å². The second-order valence-electron chi connectivity index (χ2n) is 7.55. The van der Waals surface area contributed by atoms with Gasteiger partial charge in [0, 0.05) is 60.1 Å². The van der Waals surface area contributed by atoms with Crippen molar-refractivity contribution in [3.05, 3.63) is 64.0 Å². The minimum Gasteiger partial charge on any atom is -0.302 e. The first-order chi connectivity index (χ1) is 15.8. The zero-order valence-corrected chi connectivity index (χ0v) is 20.7. The SMILES string of the molecule is O=C(CCN1CCN(S(=O)(=O)c2cc(Cl)cc(Cl)c2)CC1)Nc1nc(-c2ccccc2)cs1. The van der Waals surface area contributed by atoms with Crippen LogP contribution in [0.5, 0.6) is 0 Å². The molecular weight excluding hydrogens is 503 g/mol. The molecular formula is C22H22Cl2N4O3S2. The lowest BCUT2D eigenvalue weighted by atomic mass is 10.2. The molecule has 0 atom stereocenters. The molecule has 0 bridgehead atoms. The molecule has 7 nitrogen and oxygen atoms in total. The Bertz CT molecular complexity index is 1210. The largest absolute Gasteiger partial charge is 0.302 e. The number of nitrogens with zero attached hydrogens (tertiary/aromatic N) is 3. The molecule has 0 aliphatic carbocycles. The number of rotatable bonds is 7. The van der Waals surface area contributed by atoms with Crippen LogP contribution in [-0.4, -0.2) is 61.2 Å². The van der Waals surface area contributed by atoms with Gasteiger partial charge in [0.2, 0.25) is 15.9 Å². The van der Waals surface area contributed by atoms with Crippen molar-refractivity contribution in [2.75, 3.05) is 38.0 Å². The number of aromatic nitrogens is 1. The number of sulfonamides is 1. The monoisotopic (exact) mass is 524 g/mol. The minimum atomic E-state index is -3.67. The molecule has 1 aliphatic heterocycles. The number of amides is 1. The van der Waals surface area contributed by atoms with Gasteiger partial charge < -0.3 is 10.2 Å². The van der Waals surface area contributed by atoms with E-state index in [-0.39, 0.29) is 20.8 Å². The second-order valence-corrected chi connectivity index (χ2v) is 11.2. The predicted molar refractivity (Wildman–Crippen MR) is 132 cm³/mol. The van der Waals surface area contributed by atoms with Crippen molar-refractivity contribution >= 4 is 55.6 Å². The van der Waals surface area contributed by atoms with E-state index >= 15 is 0 Å². The molecule has 0 saturated carbocycles. The fourth-order valence-corrected chi connectivity index (χ4v) is 6.42. The maximum atomic E-state index is 12.9. The van der Waals surface area contributed by atoms with Crippen molar-refractivity contribution in [3.8, 4) is 11.3 Å². The number of benzene rings is 2. The lowest BCUT2D eigenvalue weighted by Gasteiger charge is -2.33. The molecule has 0 unspecified atom stereocenters. The fraction of sp³-hybridized carbons (Fsp3) is 0.273. The molecule has 1 aliphatic rings. The molecule has 174 valence electrons. The molecule has 1 N–H and O–H groups in total. The molecule has 1 aromatic heterocycles. The molecule has 1 saturated heterocycles. The summed E-state index contributed by atoms with van der Waals surface area (Å²) in [5.74, 6) is -0.118. The Hall–Kier alpha value is -2.01. The van der Waals surface area contributed by atoms with Crippen LogP contribution < -0.4 is 5.32 Å². The van der Waals surface area contributed by atoms with Gasteiger partial charge in [0.05, 0.1) is 10.6 Å². The zero-order chi connectivity index (χ0) is 23.4. The lowest BCUT2D eigenvalue weighted by Crippen LogP contribution is -2.49. The summed E-state index contributed by atoms with van der Waals surface area (Å²) in [5, 5.41) is 5.89. The van der Waals surface area contributed by atoms with E-state index in [9.17, 15) is 13.2 Å². The average Bonchev–Trinajstić information content (AvgIpc) is 3.26. The summed E-state index contributed by atoms with van der Waals surface area (Å²) >= 11 is 13.3. The first-order valence-corrected chi connectivity index (χ1v) is 13.4. The highest BCUT2D eigenvalue weighted by Crippen LogP contribution is 2.26. The van der Waals surface area contributed by atoms with Gasteiger partial charge in [-0.25, -0.2) is 13.4 Å². The van der Waals surface area contributed by atoms with Crippen LogP contribution in [0.4, 0.5) is 5.13 Å². The Morgan fingerprint density at radius 3 is 2.36 bits per heavy atom. The van der Waals surface area contributed by atoms with Crippen molar-refractivity contribution in [2.24, 2.45) is 0 Å². The summed E-state index contributed by atoms with van der Waals surface area (Å²) < 4.78 is 27.2. The highest BCUT2D eigenvalue weighted by molar-refractivity contribution is 7.89. The number of anilines is 1. The first-order valence-electron chi connectivity index (χ1n) is 10.3. The Morgan fingerprint density at radius 1 is 1.03 bits per heavy atom. The topological polar surface area (TPSA) is 82.6 Å². The van der Waals surface area contributed by atoms with E-state index in [0.29, 0.717) is 44.3 Å². The second kappa shape index (κ2) is 10.5. The van der Waals surface area contributed by atoms with Crippen LogP contribution in [0, 0.1) is 0 Å². The van der Waals surface area contributed by atoms with Crippen molar-refractivity contribution in [1.29, 1.82) is 0 Å². The summed E-state index contributed by atoms with van der Waals surface area (Å²) in [7, 11) is -3.67. The fourth-order valence-electron chi connectivity index (χ4n) is 3.53. The number of hydrogen-bond acceptors (Lipinski definition) is 6. The standard InChI is InChI=1S/C22H22Cl2N4O3S2/c23-17-12-18(24)14-19(13-17)33(30,31)28-10-8-27(9-11-28)7-6-21(29)26-22-25-20(15-32-22)16-4-2-1-3-5-16/h1-5,12-15H,6-11H2,(H,25,26,29). The number of nitrogens with one attached hydrogen (secondary N) is 1. The van der Waals surface area contributed by atoms with E-state index in [4.69, 9.17) is 23.2 Å². The third kappa shape index (κ3) is 6.11. The van der Waals surface area contributed by atoms with Crippen LogP contribution >= 0.6 is 34.5 Å². The summed E-state index contributed by atoms with van der Waals surface area (Å²) in [6, 6.07) is 14.1. The minimum absolute atomic E-state index is 0.0890. The molecule has 4 rings (SSSR count). The van der Waals surface area contributed by atoms with Crippen LogP contribution in [0.3, 0.4) is 0 Å². The molecule has 11 heteroatoms. The van der Waals surface area contributed by atoms with Crippen LogP contribution in [0.1, 0.15) is 6.42 Å². The Kier molecular flexibility index (Phi) is 7.68. The number of carbonyl (C=O) groups excluding carboxylic acids is 1. The lowest BCUT2D eigenvalue weighted by molar-refractivity contribution is -0.116. The number of carbonyl (C=O) groups is 1. The van der Waals surface area contributed by atoms with E-state index in [1.54, 1.807) is 0 Å². The Morgan fingerprint density at radius 2 is 1.70 bits per heavy atom. The van der Waals surface area contributed by atoms with E-state index in [1.165, 1.54) is 33.8 Å². The van der Waals surface area contributed by atoms with Crippen LogP contribution in [0.15, 0.2) is 58.8 Å². The number of thiazole rings is 1. The van der Waals surface area contributed by atoms with Crippen LogP contribution in [0.25, 0.3) is 11.3 Å². The van der Waals surface area contributed by atoms with Crippen molar-refractivity contribution in [3.63, 3.8) is 0 Å². The molecule has 1 fully saturated rings. The Labute approximate surface area is 207 Å². The van der Waals surface area contributed by atoms with Crippen LogP contribution in [0.2, 0.25) is 10.0 Å². The van der Waals surface area contributed by atoms with Gasteiger partial charge in [-0.15, -0.1) is 11.3 Å². The highest BCUT2D eigenvalue weighted by Gasteiger charge is 2.29. The molecule has 3 aromatic rings. The Balaban J connectivity index is 1.26. The average molecular weight is 525 g/mol. The van der Waals surface area contributed by atoms with Gasteiger partial charge in [-0.1, -0.05) is 53.5 Å². The molecule has 2 heterocycles. The van der Waals surface area contributed by atoms with Crippen LogP contribution in [-0.2, 0) is 14.8 Å². The maximum absolute atomic E-state index is 12.9. The van der Waals surface area contributed by atoms with Gasteiger partial charge in [-0.2, -0.15) is 4.31 Å². The quantitative estimate of drug-likeness (QED) is 0.493. The van der Waals surface area contributed by atoms with Gasteiger partial charge in [0.15, 0.2) is 5.13 Å². The molecule has 33 heavy (non-hydrogen) atoms. The van der Waals surface area contributed by atoms with E-state index in [2.05, 4.69) is 15.2 Å². The molecule has 0 radical (unpaired) electrons. The smallest absolute Gasteiger partial charge is 0.243 e. The summed E-state index contributed by atoms with van der Waals surface area (Å²) in [5.41, 5.74) is 1.83. The van der Waals surface area contributed by atoms with Gasteiger partial charge in [0.1, 0.15) is 0 Å². The highest BCUT2D eigenvalue weighted by atomic mass is 35.5. The number of halogens is 2. The summed E-state index contributed by atoms with van der Waals surface area (Å²) in [6.07, 6.45) is 0.302. The van der Waals surface area contributed by atoms with Crippen molar-refractivity contribution < 1.29 is 13.2 Å². The summed E-state index contributed by atoms with van der Waals surface area (Å²) in [6.45, 7) is 2.29. The molecule has 2 aromatic carbocycles. The third-order valence-electron chi connectivity index (χ3n) is 5.28. The summed E-state index contributed by atoms with van der Waals surface area (Å²) in [4.78, 5) is 19.0. The van der Waals surface area contributed by atoms with Crippen molar-refractivity contribution in [1.82, 2.24) is 14.2 Å². The molecule has 1 amide bonds. The van der Waals surface area contributed by atoms with Gasteiger partial charge in [-0.3, -0.25) is 4.79 Å². The molecule has 0 spiro atoms. The maximum Gasteiger partial charge on any atom is 0.243 e. The normalized spacial score (nSPS) is 15.5. The third-order valence-corrected chi connectivity index (χ3v) is 8.35.